The molecule has 35 heavy (non-hydrogen) atoms. The predicted molar refractivity (Wildman–Crippen MR) is 125 cm³/mol. The lowest BCUT2D eigenvalue weighted by atomic mass is 10.0. The molecule has 1 atom stereocenters. The Morgan fingerprint density at radius 3 is 2.54 bits per heavy atom. The number of ether oxygens (including phenoxy) is 1. The summed E-state index contributed by atoms with van der Waals surface area (Å²) in [5, 5.41) is 5.37. The monoisotopic (exact) mass is 482 g/mol. The molecule has 3 rings (SSSR count). The number of amides is 3. The Kier molecular flexibility index (Phi) is 9.49. The first kappa shape index (κ1) is 25.6. The van der Waals surface area contributed by atoms with Gasteiger partial charge in [-0.3, -0.25) is 14.4 Å². The fourth-order valence-corrected chi connectivity index (χ4v) is 3.39. The van der Waals surface area contributed by atoms with Crippen LogP contribution < -0.4 is 10.6 Å². The second-order valence-corrected chi connectivity index (χ2v) is 7.60. The maximum atomic E-state index is 13.6. The SMILES string of the molecule is COCCNC(=O)[C@H](c1ccc(F)cc1)N(Cc1ccco1)C(=O)CCC(=O)Nc1ccccn1. The van der Waals surface area contributed by atoms with E-state index in [2.05, 4.69) is 15.6 Å². The minimum Gasteiger partial charge on any atom is -0.467 e. The van der Waals surface area contributed by atoms with E-state index in [-0.39, 0.29) is 32.5 Å². The van der Waals surface area contributed by atoms with Gasteiger partial charge in [0.15, 0.2) is 0 Å². The number of hydrogen-bond donors (Lipinski definition) is 2. The first-order chi connectivity index (χ1) is 17.0. The lowest BCUT2D eigenvalue weighted by Crippen LogP contribution is -2.44. The summed E-state index contributed by atoms with van der Waals surface area (Å²) >= 11 is 0. The van der Waals surface area contributed by atoms with Crippen molar-refractivity contribution in [2.45, 2.75) is 25.4 Å². The van der Waals surface area contributed by atoms with Crippen molar-refractivity contribution in [3.05, 3.63) is 84.2 Å². The third kappa shape index (κ3) is 7.75. The van der Waals surface area contributed by atoms with Crippen LogP contribution in [0.1, 0.15) is 30.2 Å². The van der Waals surface area contributed by atoms with E-state index in [0.29, 0.717) is 17.1 Å². The molecule has 0 aliphatic carbocycles. The lowest BCUT2D eigenvalue weighted by Gasteiger charge is -2.31. The first-order valence-electron chi connectivity index (χ1n) is 11.0. The third-order valence-corrected chi connectivity index (χ3v) is 5.08. The topological polar surface area (TPSA) is 114 Å². The standard InChI is InChI=1S/C25H27FN4O5/c1-34-16-14-28-25(33)24(18-7-9-19(26)10-8-18)30(17-20-5-4-15-35-20)23(32)12-11-22(31)29-21-6-2-3-13-27-21/h2-10,13,15,24H,11-12,14,16-17H2,1H3,(H,28,33)(H,27,29,31)/t24-/m0/s1. The van der Waals surface area contributed by atoms with Gasteiger partial charge in [-0.15, -0.1) is 0 Å². The zero-order chi connectivity index (χ0) is 25.0. The van der Waals surface area contributed by atoms with E-state index in [1.54, 1.807) is 36.5 Å². The van der Waals surface area contributed by atoms with Crippen LogP contribution in [0.25, 0.3) is 0 Å². The second kappa shape index (κ2) is 13.0. The number of furan rings is 1. The van der Waals surface area contributed by atoms with E-state index < -0.39 is 29.6 Å². The van der Waals surface area contributed by atoms with Crippen molar-refractivity contribution in [3.63, 3.8) is 0 Å². The number of carbonyl (C=O) groups is 3. The Balaban J connectivity index is 1.81. The number of anilines is 1. The molecule has 0 radical (unpaired) electrons. The summed E-state index contributed by atoms with van der Waals surface area (Å²) in [7, 11) is 1.51. The molecule has 10 heteroatoms. The number of carbonyl (C=O) groups excluding carboxylic acids is 3. The van der Waals surface area contributed by atoms with E-state index >= 15 is 0 Å². The average molecular weight is 483 g/mol. The highest BCUT2D eigenvalue weighted by atomic mass is 19.1. The number of halogens is 1. The Bertz CT molecular complexity index is 1090. The van der Waals surface area contributed by atoms with Gasteiger partial charge in [-0.1, -0.05) is 18.2 Å². The molecule has 0 spiro atoms. The number of hydrogen-bond acceptors (Lipinski definition) is 6. The smallest absolute Gasteiger partial charge is 0.247 e. The van der Waals surface area contributed by atoms with Crippen molar-refractivity contribution < 1.29 is 27.9 Å². The summed E-state index contributed by atoms with van der Waals surface area (Å²) in [5.41, 5.74) is 0.416. The Hall–Kier alpha value is -4.05. The van der Waals surface area contributed by atoms with E-state index in [9.17, 15) is 18.8 Å². The molecule has 0 bridgehead atoms. The van der Waals surface area contributed by atoms with Crippen LogP contribution in [0.15, 0.2) is 71.5 Å². The first-order valence-corrected chi connectivity index (χ1v) is 11.0. The number of benzene rings is 1. The molecule has 2 aromatic heterocycles. The minimum absolute atomic E-state index is 0.0204. The van der Waals surface area contributed by atoms with Crippen LogP contribution in [-0.2, 0) is 25.7 Å². The quantitative estimate of drug-likeness (QED) is 0.384. The third-order valence-electron chi connectivity index (χ3n) is 5.08. The number of aromatic nitrogens is 1. The molecule has 0 aliphatic heterocycles. The van der Waals surface area contributed by atoms with Crippen molar-refractivity contribution >= 4 is 23.5 Å². The van der Waals surface area contributed by atoms with Crippen LogP contribution in [-0.4, -0.2) is 47.9 Å². The minimum atomic E-state index is -1.08. The Morgan fingerprint density at radius 1 is 1.09 bits per heavy atom. The summed E-state index contributed by atoms with van der Waals surface area (Å²) < 4.78 is 24.0. The van der Waals surface area contributed by atoms with Gasteiger partial charge in [0.05, 0.1) is 19.4 Å². The lowest BCUT2D eigenvalue weighted by molar-refractivity contribution is -0.142. The van der Waals surface area contributed by atoms with Gasteiger partial charge in [0.1, 0.15) is 23.4 Å². The van der Waals surface area contributed by atoms with Crippen molar-refractivity contribution in [2.24, 2.45) is 0 Å². The van der Waals surface area contributed by atoms with Gasteiger partial charge in [-0.05, 0) is 42.0 Å². The molecule has 0 aliphatic rings. The van der Waals surface area contributed by atoms with E-state index in [1.165, 1.54) is 42.5 Å². The van der Waals surface area contributed by atoms with Gasteiger partial charge >= 0.3 is 0 Å². The molecular weight excluding hydrogens is 455 g/mol. The molecule has 2 heterocycles. The average Bonchev–Trinajstić information content (AvgIpc) is 3.37. The zero-order valence-corrected chi connectivity index (χ0v) is 19.3. The summed E-state index contributed by atoms with van der Waals surface area (Å²) in [6.07, 6.45) is 2.72. The van der Waals surface area contributed by atoms with Gasteiger partial charge in [0, 0.05) is 32.7 Å². The van der Waals surface area contributed by atoms with E-state index in [0.717, 1.165) is 0 Å². The normalized spacial score (nSPS) is 11.5. The van der Waals surface area contributed by atoms with E-state index in [4.69, 9.17) is 9.15 Å². The molecule has 184 valence electrons. The summed E-state index contributed by atoms with van der Waals surface area (Å²) in [4.78, 5) is 44.3. The van der Waals surface area contributed by atoms with Crippen molar-refractivity contribution in [3.8, 4) is 0 Å². The zero-order valence-electron chi connectivity index (χ0n) is 19.3. The highest BCUT2D eigenvalue weighted by molar-refractivity contribution is 5.94. The number of nitrogens with zero attached hydrogens (tertiary/aromatic N) is 2. The van der Waals surface area contributed by atoms with Crippen molar-refractivity contribution in [2.75, 3.05) is 25.6 Å². The fourth-order valence-electron chi connectivity index (χ4n) is 3.39. The number of rotatable bonds is 12. The molecule has 2 N–H and O–H groups in total. The highest BCUT2D eigenvalue weighted by Crippen LogP contribution is 2.25. The molecule has 0 fully saturated rings. The largest absolute Gasteiger partial charge is 0.467 e. The second-order valence-electron chi connectivity index (χ2n) is 7.60. The maximum absolute atomic E-state index is 13.6. The highest BCUT2D eigenvalue weighted by Gasteiger charge is 2.32. The van der Waals surface area contributed by atoms with Crippen LogP contribution in [0, 0.1) is 5.82 Å². The van der Waals surface area contributed by atoms with Crippen molar-refractivity contribution in [1.82, 2.24) is 15.2 Å². The summed E-state index contributed by atoms with van der Waals surface area (Å²) in [6.45, 7) is 0.484. The molecule has 0 saturated carbocycles. The molecular formula is C25H27FN4O5. The van der Waals surface area contributed by atoms with Gasteiger partial charge in [0.2, 0.25) is 17.7 Å². The maximum Gasteiger partial charge on any atom is 0.247 e. The predicted octanol–water partition coefficient (Wildman–Crippen LogP) is 3.07. The van der Waals surface area contributed by atoms with Crippen LogP contribution in [0.5, 0.6) is 0 Å². The van der Waals surface area contributed by atoms with Gasteiger partial charge in [0.25, 0.3) is 0 Å². The Morgan fingerprint density at radius 2 is 1.89 bits per heavy atom. The molecule has 9 nitrogen and oxygen atoms in total. The van der Waals surface area contributed by atoms with Crippen LogP contribution >= 0.6 is 0 Å². The molecule has 0 saturated heterocycles. The fraction of sp³-hybridized carbons (Fsp3) is 0.280. The van der Waals surface area contributed by atoms with E-state index in [1.807, 2.05) is 0 Å². The molecule has 1 aromatic carbocycles. The number of pyridine rings is 1. The number of nitrogens with one attached hydrogen (secondary N) is 2. The summed E-state index contributed by atoms with van der Waals surface area (Å²) in [5.74, 6) is -0.951. The number of methoxy groups -OCH3 is 1. The molecule has 3 amide bonds. The van der Waals surface area contributed by atoms with Gasteiger partial charge in [-0.25, -0.2) is 9.37 Å². The van der Waals surface area contributed by atoms with Crippen molar-refractivity contribution in [1.29, 1.82) is 0 Å². The van der Waals surface area contributed by atoms with Crippen LogP contribution in [0.3, 0.4) is 0 Å². The summed E-state index contributed by atoms with van der Waals surface area (Å²) in [6, 6.07) is 12.7. The van der Waals surface area contributed by atoms with Crippen LogP contribution in [0.4, 0.5) is 10.2 Å². The van der Waals surface area contributed by atoms with Crippen LogP contribution in [0.2, 0.25) is 0 Å². The molecule has 0 unspecified atom stereocenters. The van der Waals surface area contributed by atoms with Gasteiger partial charge < -0.3 is 24.7 Å². The van der Waals surface area contributed by atoms with Gasteiger partial charge in [-0.2, -0.15) is 0 Å². The Labute approximate surface area is 202 Å². The molecule has 3 aromatic rings.